The van der Waals surface area contributed by atoms with Crippen LogP contribution in [0.5, 0.6) is 0 Å². The average Bonchev–Trinajstić information content (AvgIpc) is 1.96. The van der Waals surface area contributed by atoms with Crippen molar-refractivity contribution in [3.05, 3.63) is 46.5 Å². The van der Waals surface area contributed by atoms with Crippen LogP contribution in [0.2, 0.25) is 5.02 Å². The van der Waals surface area contributed by atoms with Crippen molar-refractivity contribution in [2.24, 2.45) is 0 Å². The smallest absolute Gasteiger partial charge is 0.0496 e. The molecule has 0 aliphatic carbocycles. The largest absolute Gasteiger partial charge is 0.119 e. The molecular formula is C14H18Cl2. The molecule has 1 rings (SSSR count). The molecular weight excluding hydrogens is 239 g/mol. The third kappa shape index (κ3) is 3.26. The summed E-state index contributed by atoms with van der Waals surface area (Å²) in [6.45, 7) is 12.1. The van der Waals surface area contributed by atoms with E-state index < -0.39 is 0 Å². The molecule has 0 aliphatic rings. The van der Waals surface area contributed by atoms with E-state index >= 15 is 0 Å². The molecule has 1 aromatic rings. The number of hydrogen-bond donors (Lipinski definition) is 0. The summed E-state index contributed by atoms with van der Waals surface area (Å²) in [7, 11) is 0. The van der Waals surface area contributed by atoms with Crippen molar-refractivity contribution < 1.29 is 0 Å². The number of rotatable bonds is 3. The zero-order chi connectivity index (χ0) is 12.5. The molecule has 0 saturated carbocycles. The molecule has 2 heteroatoms. The maximum atomic E-state index is 6.43. The topological polar surface area (TPSA) is 0 Å². The van der Waals surface area contributed by atoms with Gasteiger partial charge in [0.1, 0.15) is 0 Å². The molecule has 0 aromatic heterocycles. The predicted molar refractivity (Wildman–Crippen MR) is 73.7 cm³/mol. The Bertz CT molecular complexity index is 379. The molecule has 0 spiro atoms. The third-order valence-electron chi connectivity index (χ3n) is 2.58. The van der Waals surface area contributed by atoms with E-state index in [0.29, 0.717) is 0 Å². The van der Waals surface area contributed by atoms with Gasteiger partial charge in [0.2, 0.25) is 0 Å². The number of aryl methyl sites for hydroxylation is 1. The lowest BCUT2D eigenvalue weighted by Crippen LogP contribution is -2.23. The predicted octanol–water partition coefficient (Wildman–Crippen LogP) is 5.33. The van der Waals surface area contributed by atoms with E-state index in [1.807, 2.05) is 39.8 Å². The van der Waals surface area contributed by atoms with Crippen LogP contribution < -0.4 is 0 Å². The molecule has 0 radical (unpaired) electrons. The first kappa shape index (κ1) is 13.6. The Morgan fingerprint density at radius 3 is 2.25 bits per heavy atom. The second-order valence-corrected chi connectivity index (χ2v) is 6.32. The van der Waals surface area contributed by atoms with Crippen LogP contribution in [0.1, 0.15) is 37.8 Å². The molecule has 0 saturated heterocycles. The van der Waals surface area contributed by atoms with E-state index in [9.17, 15) is 0 Å². The molecule has 0 nitrogen and oxygen atoms in total. The highest BCUT2D eigenvalue weighted by Gasteiger charge is 2.29. The van der Waals surface area contributed by atoms with Gasteiger partial charge in [-0.15, -0.1) is 11.6 Å². The van der Waals surface area contributed by atoms with E-state index in [1.165, 1.54) is 0 Å². The van der Waals surface area contributed by atoms with Crippen molar-refractivity contribution in [1.82, 2.24) is 0 Å². The van der Waals surface area contributed by atoms with Crippen LogP contribution >= 0.6 is 23.2 Å². The first-order valence-corrected chi connectivity index (χ1v) is 6.09. The van der Waals surface area contributed by atoms with Gasteiger partial charge in [-0.1, -0.05) is 29.8 Å². The Kier molecular flexibility index (Phi) is 4.09. The summed E-state index contributed by atoms with van der Waals surface area (Å²) >= 11 is 12.5. The number of benzene rings is 1. The number of hydrogen-bond acceptors (Lipinski definition) is 0. The lowest BCUT2D eigenvalue weighted by Gasteiger charge is -2.29. The van der Waals surface area contributed by atoms with Gasteiger partial charge in [0.05, 0.1) is 0 Å². The van der Waals surface area contributed by atoms with E-state index in [-0.39, 0.29) is 10.8 Å². The Labute approximate surface area is 108 Å². The van der Waals surface area contributed by atoms with Crippen LogP contribution in [-0.2, 0) is 0 Å². The highest BCUT2D eigenvalue weighted by atomic mass is 35.5. The molecule has 0 heterocycles. The number of halogens is 2. The monoisotopic (exact) mass is 256 g/mol. The van der Waals surface area contributed by atoms with Crippen LogP contribution in [0.4, 0.5) is 0 Å². The summed E-state index contributed by atoms with van der Waals surface area (Å²) in [6, 6.07) is 6.04. The van der Waals surface area contributed by atoms with Crippen LogP contribution in [0.25, 0.3) is 0 Å². The minimum absolute atomic E-state index is 0.117. The van der Waals surface area contributed by atoms with Crippen LogP contribution in [0.3, 0.4) is 0 Å². The Morgan fingerprint density at radius 1 is 1.31 bits per heavy atom. The lowest BCUT2D eigenvalue weighted by molar-refractivity contribution is 0.597. The second-order valence-electron chi connectivity index (χ2n) is 4.91. The molecule has 1 atom stereocenters. The molecule has 16 heavy (non-hydrogen) atoms. The molecule has 0 N–H and O–H groups in total. The molecule has 0 bridgehead atoms. The van der Waals surface area contributed by atoms with Gasteiger partial charge in [-0.3, -0.25) is 0 Å². The van der Waals surface area contributed by atoms with E-state index in [4.69, 9.17) is 23.2 Å². The summed E-state index contributed by atoms with van der Waals surface area (Å²) < 4.78 is 0. The summed E-state index contributed by atoms with van der Waals surface area (Å²) in [5, 5.41) is 0.752. The number of alkyl halides is 1. The minimum Gasteiger partial charge on any atom is -0.119 e. The van der Waals surface area contributed by atoms with Gasteiger partial charge in [0, 0.05) is 15.8 Å². The fourth-order valence-electron chi connectivity index (χ4n) is 2.20. The van der Waals surface area contributed by atoms with Crippen LogP contribution in [0, 0.1) is 6.92 Å². The van der Waals surface area contributed by atoms with Crippen molar-refractivity contribution >= 4 is 23.2 Å². The van der Waals surface area contributed by atoms with Gasteiger partial charge in [-0.05, 0) is 51.0 Å². The fourth-order valence-corrected chi connectivity index (χ4v) is 2.81. The highest BCUT2D eigenvalue weighted by molar-refractivity contribution is 6.30. The zero-order valence-corrected chi connectivity index (χ0v) is 11.8. The maximum Gasteiger partial charge on any atom is 0.0496 e. The normalized spacial score (nSPS) is 13.6. The van der Waals surface area contributed by atoms with Crippen molar-refractivity contribution in [3.8, 4) is 0 Å². The van der Waals surface area contributed by atoms with E-state index in [0.717, 1.165) is 21.7 Å². The van der Waals surface area contributed by atoms with Gasteiger partial charge < -0.3 is 0 Å². The molecule has 1 unspecified atom stereocenters. The summed E-state index contributed by atoms with van der Waals surface area (Å²) in [5.74, 6) is 0.117. The quantitative estimate of drug-likeness (QED) is 0.507. The summed E-state index contributed by atoms with van der Waals surface area (Å²) in [6.07, 6.45) is 0. The van der Waals surface area contributed by atoms with Gasteiger partial charge in [0.15, 0.2) is 0 Å². The van der Waals surface area contributed by atoms with Gasteiger partial charge in [-0.25, -0.2) is 0 Å². The standard InChI is InChI=1S/C14H18Cl2/c1-9(2)13(14(4,5)16)11-6-10(3)7-12(15)8-11/h6-8,13H,1H2,2-5H3. The highest BCUT2D eigenvalue weighted by Crippen LogP contribution is 2.39. The SMILES string of the molecule is C=C(C)C(c1cc(C)cc(Cl)c1)C(C)(C)Cl. The number of allylic oxidation sites excluding steroid dienone is 1. The molecule has 0 aliphatic heterocycles. The Balaban J connectivity index is 3.27. The summed E-state index contributed by atoms with van der Waals surface area (Å²) in [4.78, 5) is -0.358. The third-order valence-corrected chi connectivity index (χ3v) is 3.01. The first-order chi connectivity index (χ1) is 7.21. The molecule has 1 aromatic carbocycles. The summed E-state index contributed by atoms with van der Waals surface area (Å²) in [5.41, 5.74) is 3.34. The van der Waals surface area contributed by atoms with Crippen molar-refractivity contribution in [3.63, 3.8) is 0 Å². The van der Waals surface area contributed by atoms with Gasteiger partial charge >= 0.3 is 0 Å². The minimum atomic E-state index is -0.358. The van der Waals surface area contributed by atoms with E-state index in [2.05, 4.69) is 12.6 Å². The molecule has 88 valence electrons. The first-order valence-electron chi connectivity index (χ1n) is 5.33. The van der Waals surface area contributed by atoms with Crippen molar-refractivity contribution in [2.45, 2.75) is 38.5 Å². The Hall–Kier alpha value is -0.460. The van der Waals surface area contributed by atoms with Crippen molar-refractivity contribution in [2.75, 3.05) is 0 Å². The van der Waals surface area contributed by atoms with Crippen LogP contribution in [0.15, 0.2) is 30.4 Å². The van der Waals surface area contributed by atoms with Crippen molar-refractivity contribution in [1.29, 1.82) is 0 Å². The fraction of sp³-hybridized carbons (Fsp3) is 0.429. The lowest BCUT2D eigenvalue weighted by atomic mass is 9.82. The zero-order valence-electron chi connectivity index (χ0n) is 10.3. The maximum absolute atomic E-state index is 6.43. The van der Waals surface area contributed by atoms with Crippen LogP contribution in [-0.4, -0.2) is 4.87 Å². The molecule has 0 amide bonds. The van der Waals surface area contributed by atoms with Gasteiger partial charge in [-0.2, -0.15) is 0 Å². The molecule has 0 fully saturated rings. The average molecular weight is 257 g/mol. The Morgan fingerprint density at radius 2 is 1.88 bits per heavy atom. The van der Waals surface area contributed by atoms with E-state index in [1.54, 1.807) is 0 Å². The van der Waals surface area contributed by atoms with Gasteiger partial charge in [0.25, 0.3) is 0 Å². The second kappa shape index (κ2) is 4.81.